The van der Waals surface area contributed by atoms with Gasteiger partial charge in [-0.3, -0.25) is 4.57 Å². The standard InChI is InChI=1S/C15H14BrClFNO2/c1-15(2,3)21-14(20)19-8-9(16)7-12(19)13-10(17)5-4-6-11(13)18/h4-8H,1-3H3. The Kier molecular flexibility index (Phi) is 4.44. The quantitative estimate of drug-likeness (QED) is 0.660. The van der Waals surface area contributed by atoms with Crippen molar-refractivity contribution in [3.8, 4) is 11.3 Å². The minimum Gasteiger partial charge on any atom is -0.443 e. The summed E-state index contributed by atoms with van der Waals surface area (Å²) in [5.41, 5.74) is -0.153. The van der Waals surface area contributed by atoms with Crippen LogP contribution in [0.1, 0.15) is 20.8 Å². The third kappa shape index (κ3) is 3.66. The molecule has 1 heterocycles. The molecule has 2 rings (SSSR count). The van der Waals surface area contributed by atoms with Crippen LogP contribution < -0.4 is 0 Å². The van der Waals surface area contributed by atoms with Gasteiger partial charge in [-0.1, -0.05) is 17.7 Å². The predicted octanol–water partition coefficient (Wildman–Crippen LogP) is 5.49. The maximum Gasteiger partial charge on any atom is 0.419 e. The molecule has 0 atom stereocenters. The number of halogens is 3. The molecule has 0 aliphatic carbocycles. The lowest BCUT2D eigenvalue weighted by molar-refractivity contribution is 0.0540. The first kappa shape index (κ1) is 16.0. The Morgan fingerprint density at radius 1 is 1.38 bits per heavy atom. The Balaban J connectivity index is 2.54. The molecule has 0 saturated carbocycles. The molecule has 0 N–H and O–H groups in total. The van der Waals surface area contributed by atoms with Crippen LogP contribution in [-0.4, -0.2) is 16.3 Å². The van der Waals surface area contributed by atoms with E-state index < -0.39 is 17.5 Å². The van der Waals surface area contributed by atoms with Crippen LogP contribution in [0.15, 0.2) is 34.9 Å². The van der Waals surface area contributed by atoms with Gasteiger partial charge in [-0.05, 0) is 54.9 Å². The molecule has 112 valence electrons. The van der Waals surface area contributed by atoms with Crippen LogP contribution in [0.25, 0.3) is 11.3 Å². The summed E-state index contributed by atoms with van der Waals surface area (Å²) >= 11 is 9.35. The molecule has 1 aromatic heterocycles. The third-order valence-corrected chi connectivity index (χ3v) is 3.34. The van der Waals surface area contributed by atoms with Gasteiger partial charge >= 0.3 is 6.09 Å². The van der Waals surface area contributed by atoms with E-state index in [1.807, 2.05) is 0 Å². The molecule has 0 fully saturated rings. The molecule has 0 saturated heterocycles. The Bertz CT molecular complexity index is 671. The number of carbonyl (C=O) groups is 1. The Labute approximate surface area is 135 Å². The SMILES string of the molecule is CC(C)(C)OC(=O)n1cc(Br)cc1-c1c(F)cccc1Cl. The Morgan fingerprint density at radius 3 is 2.62 bits per heavy atom. The number of ether oxygens (including phenoxy) is 1. The zero-order chi connectivity index (χ0) is 15.8. The molecule has 21 heavy (non-hydrogen) atoms. The highest BCUT2D eigenvalue weighted by molar-refractivity contribution is 9.10. The molecular weight excluding hydrogens is 361 g/mol. The average Bonchev–Trinajstić information content (AvgIpc) is 2.69. The molecule has 0 aliphatic heterocycles. The number of hydrogen-bond donors (Lipinski definition) is 0. The van der Waals surface area contributed by atoms with Crippen LogP contribution in [0.4, 0.5) is 9.18 Å². The molecule has 0 aliphatic rings. The van der Waals surface area contributed by atoms with Crippen LogP contribution in [0.3, 0.4) is 0 Å². The summed E-state index contributed by atoms with van der Waals surface area (Å²) in [4.78, 5) is 12.2. The van der Waals surface area contributed by atoms with Crippen molar-refractivity contribution in [2.75, 3.05) is 0 Å². The van der Waals surface area contributed by atoms with Gasteiger partial charge in [-0.15, -0.1) is 0 Å². The number of rotatable bonds is 1. The summed E-state index contributed by atoms with van der Waals surface area (Å²) in [6, 6.07) is 5.99. The number of benzene rings is 1. The van der Waals surface area contributed by atoms with Gasteiger partial charge in [-0.25, -0.2) is 9.18 Å². The van der Waals surface area contributed by atoms with Gasteiger partial charge in [0.05, 0.1) is 16.3 Å². The fourth-order valence-corrected chi connectivity index (χ4v) is 2.51. The lowest BCUT2D eigenvalue weighted by atomic mass is 10.1. The summed E-state index contributed by atoms with van der Waals surface area (Å²) < 4.78 is 21.2. The lowest BCUT2D eigenvalue weighted by Crippen LogP contribution is -2.27. The van der Waals surface area contributed by atoms with Crippen LogP contribution in [0.2, 0.25) is 5.02 Å². The fraction of sp³-hybridized carbons (Fsp3) is 0.267. The molecule has 0 unspecified atom stereocenters. The number of aromatic nitrogens is 1. The van der Waals surface area contributed by atoms with Crippen LogP contribution in [0, 0.1) is 5.82 Å². The van der Waals surface area contributed by atoms with Gasteiger partial charge < -0.3 is 4.74 Å². The summed E-state index contributed by atoms with van der Waals surface area (Å²) in [6.45, 7) is 5.29. The van der Waals surface area contributed by atoms with E-state index >= 15 is 0 Å². The molecule has 0 spiro atoms. The smallest absolute Gasteiger partial charge is 0.419 e. The van der Waals surface area contributed by atoms with Crippen molar-refractivity contribution in [1.82, 2.24) is 4.57 Å². The largest absolute Gasteiger partial charge is 0.443 e. The second-order valence-electron chi connectivity index (χ2n) is 5.49. The van der Waals surface area contributed by atoms with Crippen molar-refractivity contribution in [2.45, 2.75) is 26.4 Å². The summed E-state index contributed by atoms with van der Waals surface area (Å²) in [5.74, 6) is -0.502. The molecule has 1 aromatic carbocycles. The second kappa shape index (κ2) is 5.81. The second-order valence-corrected chi connectivity index (χ2v) is 6.81. The number of nitrogens with zero attached hydrogens (tertiary/aromatic N) is 1. The van der Waals surface area contributed by atoms with Gasteiger partial charge in [0.15, 0.2) is 0 Å². The fourth-order valence-electron chi connectivity index (χ4n) is 1.83. The monoisotopic (exact) mass is 373 g/mol. The molecule has 2 aromatic rings. The van der Waals surface area contributed by atoms with Crippen molar-refractivity contribution in [3.05, 3.63) is 45.8 Å². The van der Waals surface area contributed by atoms with Gasteiger partial charge in [0, 0.05) is 10.7 Å². The van der Waals surface area contributed by atoms with Crippen molar-refractivity contribution in [2.24, 2.45) is 0 Å². The minimum atomic E-state index is -0.649. The van der Waals surface area contributed by atoms with E-state index in [2.05, 4.69) is 15.9 Å². The first-order valence-corrected chi connectivity index (χ1v) is 7.42. The predicted molar refractivity (Wildman–Crippen MR) is 84.2 cm³/mol. The summed E-state index contributed by atoms with van der Waals surface area (Å²) in [6.07, 6.45) is 0.925. The third-order valence-electron chi connectivity index (χ3n) is 2.60. The number of carbonyl (C=O) groups excluding carboxylic acids is 1. The zero-order valence-electron chi connectivity index (χ0n) is 11.8. The van der Waals surface area contributed by atoms with Crippen molar-refractivity contribution < 1.29 is 13.9 Å². The highest BCUT2D eigenvalue weighted by atomic mass is 79.9. The summed E-state index contributed by atoms with van der Waals surface area (Å²) in [7, 11) is 0. The van der Waals surface area contributed by atoms with Crippen LogP contribution in [-0.2, 0) is 4.74 Å². The molecule has 0 bridgehead atoms. The van der Waals surface area contributed by atoms with E-state index in [4.69, 9.17) is 16.3 Å². The van der Waals surface area contributed by atoms with Gasteiger partial charge in [-0.2, -0.15) is 0 Å². The van der Waals surface area contributed by atoms with E-state index in [0.29, 0.717) is 10.2 Å². The first-order valence-electron chi connectivity index (χ1n) is 6.24. The maximum atomic E-state index is 14.1. The van der Waals surface area contributed by atoms with E-state index in [0.717, 1.165) is 0 Å². The molecule has 3 nitrogen and oxygen atoms in total. The van der Waals surface area contributed by atoms with E-state index in [-0.39, 0.29) is 10.6 Å². The van der Waals surface area contributed by atoms with Crippen molar-refractivity contribution in [3.63, 3.8) is 0 Å². The van der Waals surface area contributed by atoms with Gasteiger partial charge in [0.1, 0.15) is 11.4 Å². The van der Waals surface area contributed by atoms with E-state index in [1.165, 1.54) is 22.9 Å². The van der Waals surface area contributed by atoms with Crippen molar-refractivity contribution in [1.29, 1.82) is 0 Å². The molecule has 0 amide bonds. The van der Waals surface area contributed by atoms with Crippen molar-refractivity contribution >= 4 is 33.6 Å². The van der Waals surface area contributed by atoms with E-state index in [1.54, 1.807) is 32.9 Å². The van der Waals surface area contributed by atoms with E-state index in [9.17, 15) is 9.18 Å². The topological polar surface area (TPSA) is 31.2 Å². The minimum absolute atomic E-state index is 0.163. The zero-order valence-corrected chi connectivity index (χ0v) is 14.1. The molecular formula is C15H14BrClFNO2. The van der Waals surface area contributed by atoms with Crippen LogP contribution in [0.5, 0.6) is 0 Å². The Morgan fingerprint density at radius 2 is 2.05 bits per heavy atom. The van der Waals surface area contributed by atoms with Gasteiger partial charge in [0.2, 0.25) is 0 Å². The maximum absolute atomic E-state index is 14.1. The highest BCUT2D eigenvalue weighted by Crippen LogP contribution is 2.33. The number of hydrogen-bond acceptors (Lipinski definition) is 2. The van der Waals surface area contributed by atoms with Gasteiger partial charge in [0.25, 0.3) is 0 Å². The first-order chi connectivity index (χ1) is 9.69. The molecule has 0 radical (unpaired) electrons. The highest BCUT2D eigenvalue weighted by Gasteiger charge is 2.23. The summed E-state index contributed by atoms with van der Waals surface area (Å²) in [5, 5.41) is 0.227. The normalized spacial score (nSPS) is 11.5. The Hall–Kier alpha value is -1.33. The van der Waals surface area contributed by atoms with Crippen LogP contribution >= 0.6 is 27.5 Å². The lowest BCUT2D eigenvalue weighted by Gasteiger charge is -2.20. The molecule has 6 heteroatoms. The average molecular weight is 375 g/mol.